The van der Waals surface area contributed by atoms with Gasteiger partial charge in [0.1, 0.15) is 0 Å². The maximum absolute atomic E-state index is 5.54. The fourth-order valence-corrected chi connectivity index (χ4v) is 2.36. The average Bonchev–Trinajstić information content (AvgIpc) is 2.52. The van der Waals surface area contributed by atoms with E-state index in [9.17, 15) is 0 Å². The van der Waals surface area contributed by atoms with Crippen LogP contribution in [-0.4, -0.2) is 28.4 Å². The van der Waals surface area contributed by atoms with Crippen molar-refractivity contribution in [2.45, 2.75) is 6.92 Å². The molecule has 0 atom stereocenters. The van der Waals surface area contributed by atoms with E-state index in [0.717, 1.165) is 11.1 Å². The van der Waals surface area contributed by atoms with Gasteiger partial charge in [0, 0.05) is 5.56 Å². The summed E-state index contributed by atoms with van der Waals surface area (Å²) in [5.41, 5.74) is 3.10. The van der Waals surface area contributed by atoms with Gasteiger partial charge in [-0.15, -0.1) is 0 Å². The molecule has 0 aliphatic rings. The number of hydrogen-bond acceptors (Lipinski definition) is 4. The van der Waals surface area contributed by atoms with Crippen LogP contribution in [0, 0.1) is 6.92 Å². The van der Waals surface area contributed by atoms with E-state index in [4.69, 9.17) is 18.9 Å². The summed E-state index contributed by atoms with van der Waals surface area (Å²) >= 11 is 0. The van der Waals surface area contributed by atoms with Gasteiger partial charge in [-0.1, -0.05) is 29.8 Å². The molecule has 2 rings (SSSR count). The predicted molar refractivity (Wildman–Crippen MR) is 82.8 cm³/mol. The Balaban J connectivity index is 2.76. The van der Waals surface area contributed by atoms with Crippen LogP contribution in [0.4, 0.5) is 0 Å². The highest BCUT2D eigenvalue weighted by atomic mass is 16.5. The minimum Gasteiger partial charge on any atom is -0.493 e. The van der Waals surface area contributed by atoms with Crippen LogP contribution in [0.25, 0.3) is 11.1 Å². The van der Waals surface area contributed by atoms with E-state index in [1.807, 2.05) is 31.2 Å². The molecule has 0 spiro atoms. The molecule has 4 nitrogen and oxygen atoms in total. The van der Waals surface area contributed by atoms with E-state index in [0.29, 0.717) is 23.0 Å². The number of ether oxygens (including phenoxy) is 4. The number of methoxy groups -OCH3 is 4. The van der Waals surface area contributed by atoms with Gasteiger partial charge in [0.05, 0.1) is 28.4 Å². The highest BCUT2D eigenvalue weighted by molar-refractivity contribution is 5.79. The van der Waals surface area contributed by atoms with Crippen molar-refractivity contribution in [1.29, 1.82) is 0 Å². The summed E-state index contributed by atoms with van der Waals surface area (Å²) in [5.74, 6) is 2.27. The van der Waals surface area contributed by atoms with Crippen LogP contribution in [0.3, 0.4) is 0 Å². The minimum absolute atomic E-state index is 0.522. The average molecular weight is 288 g/mol. The largest absolute Gasteiger partial charge is 0.493 e. The van der Waals surface area contributed by atoms with Crippen molar-refractivity contribution in [2.75, 3.05) is 28.4 Å². The molecular weight excluding hydrogens is 268 g/mol. The highest BCUT2D eigenvalue weighted by Gasteiger charge is 2.22. The zero-order valence-electron chi connectivity index (χ0n) is 13.0. The van der Waals surface area contributed by atoms with Crippen LogP contribution in [0.5, 0.6) is 23.0 Å². The summed E-state index contributed by atoms with van der Waals surface area (Å²) in [5, 5.41) is 0. The third-order valence-electron chi connectivity index (χ3n) is 3.32. The minimum atomic E-state index is 0.522. The second-order valence-electron chi connectivity index (χ2n) is 4.60. The van der Waals surface area contributed by atoms with Crippen molar-refractivity contribution in [2.24, 2.45) is 0 Å². The highest BCUT2D eigenvalue weighted by Crippen LogP contribution is 2.49. The standard InChI is InChI=1S/C17H20O4/c1-11-7-6-8-12(9-11)13-10-14(18-2)16(20-4)17(21-5)15(13)19-3/h6-10H,1-5H3. The van der Waals surface area contributed by atoms with E-state index in [1.165, 1.54) is 5.56 Å². The Bertz CT molecular complexity index is 635. The Hall–Kier alpha value is -2.36. The van der Waals surface area contributed by atoms with Gasteiger partial charge in [-0.2, -0.15) is 0 Å². The van der Waals surface area contributed by atoms with Crippen molar-refractivity contribution in [3.05, 3.63) is 35.9 Å². The van der Waals surface area contributed by atoms with Crippen molar-refractivity contribution in [3.8, 4) is 34.1 Å². The van der Waals surface area contributed by atoms with Gasteiger partial charge >= 0.3 is 0 Å². The Morgan fingerprint density at radius 2 is 1.38 bits per heavy atom. The molecular formula is C17H20O4. The monoisotopic (exact) mass is 288 g/mol. The third-order valence-corrected chi connectivity index (χ3v) is 3.32. The maximum atomic E-state index is 5.54. The first kappa shape index (κ1) is 15.0. The van der Waals surface area contributed by atoms with Crippen molar-refractivity contribution in [3.63, 3.8) is 0 Å². The van der Waals surface area contributed by atoms with Crippen LogP contribution in [0.1, 0.15) is 5.56 Å². The first-order valence-corrected chi connectivity index (χ1v) is 6.60. The summed E-state index contributed by atoms with van der Waals surface area (Å²) in [6.07, 6.45) is 0. The zero-order valence-corrected chi connectivity index (χ0v) is 13.0. The Morgan fingerprint density at radius 1 is 0.714 bits per heavy atom. The van der Waals surface area contributed by atoms with Gasteiger partial charge in [0.2, 0.25) is 11.5 Å². The van der Waals surface area contributed by atoms with Crippen LogP contribution >= 0.6 is 0 Å². The smallest absolute Gasteiger partial charge is 0.207 e. The molecule has 112 valence electrons. The molecule has 2 aromatic carbocycles. The Labute approximate surface area is 125 Å². The van der Waals surface area contributed by atoms with Gasteiger partial charge in [0.15, 0.2) is 11.5 Å². The van der Waals surface area contributed by atoms with Gasteiger partial charge in [-0.3, -0.25) is 0 Å². The second-order valence-corrected chi connectivity index (χ2v) is 4.60. The normalized spacial score (nSPS) is 10.1. The molecule has 2 aromatic rings. The summed E-state index contributed by atoms with van der Waals surface area (Å²) in [4.78, 5) is 0. The van der Waals surface area contributed by atoms with E-state index in [2.05, 4.69) is 6.07 Å². The van der Waals surface area contributed by atoms with Gasteiger partial charge in [-0.25, -0.2) is 0 Å². The Morgan fingerprint density at radius 3 is 1.90 bits per heavy atom. The molecule has 21 heavy (non-hydrogen) atoms. The molecule has 0 saturated carbocycles. The van der Waals surface area contributed by atoms with Crippen molar-refractivity contribution >= 4 is 0 Å². The predicted octanol–water partition coefficient (Wildman–Crippen LogP) is 3.70. The molecule has 0 aliphatic heterocycles. The molecule has 4 heteroatoms. The molecule has 0 heterocycles. The lowest BCUT2D eigenvalue weighted by Gasteiger charge is -2.18. The van der Waals surface area contributed by atoms with Crippen LogP contribution < -0.4 is 18.9 Å². The summed E-state index contributed by atoms with van der Waals surface area (Å²) in [6, 6.07) is 10.1. The van der Waals surface area contributed by atoms with Crippen LogP contribution in [0.2, 0.25) is 0 Å². The zero-order chi connectivity index (χ0) is 15.4. The third kappa shape index (κ3) is 2.75. The van der Waals surface area contributed by atoms with E-state index in [-0.39, 0.29) is 0 Å². The van der Waals surface area contributed by atoms with Gasteiger partial charge in [-0.05, 0) is 18.6 Å². The van der Waals surface area contributed by atoms with Crippen LogP contribution in [-0.2, 0) is 0 Å². The second kappa shape index (κ2) is 6.39. The quantitative estimate of drug-likeness (QED) is 0.840. The summed E-state index contributed by atoms with van der Waals surface area (Å²) in [6.45, 7) is 2.05. The molecule has 0 amide bonds. The molecule has 0 bridgehead atoms. The lowest BCUT2D eigenvalue weighted by atomic mass is 10.0. The number of aryl methyl sites for hydroxylation is 1. The molecule has 0 aromatic heterocycles. The lowest BCUT2D eigenvalue weighted by Crippen LogP contribution is -2.00. The number of hydrogen-bond donors (Lipinski definition) is 0. The van der Waals surface area contributed by atoms with E-state index in [1.54, 1.807) is 28.4 Å². The molecule has 0 saturated heterocycles. The molecule has 0 unspecified atom stereocenters. The maximum Gasteiger partial charge on any atom is 0.207 e. The first-order chi connectivity index (χ1) is 10.2. The molecule has 0 radical (unpaired) electrons. The van der Waals surface area contributed by atoms with Gasteiger partial charge < -0.3 is 18.9 Å². The summed E-state index contributed by atoms with van der Waals surface area (Å²) < 4.78 is 21.8. The number of benzene rings is 2. The summed E-state index contributed by atoms with van der Waals surface area (Å²) in [7, 11) is 6.37. The fourth-order valence-electron chi connectivity index (χ4n) is 2.36. The lowest BCUT2D eigenvalue weighted by molar-refractivity contribution is 0.306. The van der Waals surface area contributed by atoms with E-state index < -0.39 is 0 Å². The molecule has 0 aliphatic carbocycles. The van der Waals surface area contributed by atoms with Crippen LogP contribution in [0.15, 0.2) is 30.3 Å². The van der Waals surface area contributed by atoms with E-state index >= 15 is 0 Å². The number of rotatable bonds is 5. The molecule has 0 N–H and O–H groups in total. The Kier molecular flexibility index (Phi) is 4.58. The van der Waals surface area contributed by atoms with Gasteiger partial charge in [0.25, 0.3) is 0 Å². The SMILES string of the molecule is COc1cc(-c2cccc(C)c2)c(OC)c(OC)c1OC. The fraction of sp³-hybridized carbons (Fsp3) is 0.294. The van der Waals surface area contributed by atoms with Crippen molar-refractivity contribution < 1.29 is 18.9 Å². The first-order valence-electron chi connectivity index (χ1n) is 6.60. The topological polar surface area (TPSA) is 36.9 Å². The molecule has 0 fully saturated rings. The van der Waals surface area contributed by atoms with Crippen molar-refractivity contribution in [1.82, 2.24) is 0 Å².